The second-order valence-electron chi connectivity index (χ2n) is 3.26. The van der Waals surface area contributed by atoms with Crippen LogP contribution in [-0.4, -0.2) is 20.9 Å². The highest BCUT2D eigenvalue weighted by Gasteiger charge is 2.10. The number of carbonyl (C=O) groups is 1. The van der Waals surface area contributed by atoms with Gasteiger partial charge >= 0.3 is 5.97 Å². The first kappa shape index (κ1) is 10.7. The minimum Gasteiger partial charge on any atom is -0.481 e. The van der Waals surface area contributed by atoms with Crippen molar-refractivity contribution >= 4 is 17.6 Å². The number of hydrogen-bond acceptors (Lipinski definition) is 2. The average Bonchev–Trinajstić information content (AvgIpc) is 2.66. The number of para-hydroxylation sites is 1. The smallest absolute Gasteiger partial charge is 0.309 e. The summed E-state index contributed by atoms with van der Waals surface area (Å²) in [5.41, 5.74) is 1.28. The number of halogens is 1. The second-order valence-corrected chi connectivity index (χ2v) is 3.66. The van der Waals surface area contributed by atoms with Crippen molar-refractivity contribution in [3.8, 4) is 5.69 Å². The minimum absolute atomic E-state index is 0.0782. The van der Waals surface area contributed by atoms with E-state index in [0.29, 0.717) is 16.4 Å². The Morgan fingerprint density at radius 1 is 1.38 bits per heavy atom. The van der Waals surface area contributed by atoms with Crippen LogP contribution >= 0.6 is 11.6 Å². The Kier molecular flexibility index (Phi) is 2.92. The van der Waals surface area contributed by atoms with Gasteiger partial charge in [-0.1, -0.05) is 23.7 Å². The van der Waals surface area contributed by atoms with Crippen molar-refractivity contribution in [1.29, 1.82) is 0 Å². The van der Waals surface area contributed by atoms with Gasteiger partial charge in [0, 0.05) is 6.20 Å². The second kappa shape index (κ2) is 4.37. The lowest BCUT2D eigenvalue weighted by Crippen LogP contribution is -2.08. The molecule has 0 fully saturated rings. The molecule has 1 heterocycles. The zero-order valence-corrected chi connectivity index (χ0v) is 9.05. The molecule has 1 aromatic heterocycles. The largest absolute Gasteiger partial charge is 0.481 e. The lowest BCUT2D eigenvalue weighted by Gasteiger charge is -2.07. The van der Waals surface area contributed by atoms with E-state index < -0.39 is 5.97 Å². The molecule has 0 spiro atoms. The third-order valence-corrected chi connectivity index (χ3v) is 2.45. The zero-order chi connectivity index (χ0) is 11.5. The number of benzene rings is 1. The van der Waals surface area contributed by atoms with Gasteiger partial charge in [-0.05, 0) is 18.2 Å². The van der Waals surface area contributed by atoms with Gasteiger partial charge in [-0.25, -0.2) is 4.68 Å². The normalized spacial score (nSPS) is 10.3. The molecule has 1 N–H and O–H groups in total. The Morgan fingerprint density at radius 3 is 2.81 bits per heavy atom. The van der Waals surface area contributed by atoms with Gasteiger partial charge < -0.3 is 5.11 Å². The van der Waals surface area contributed by atoms with Crippen LogP contribution in [0.1, 0.15) is 5.69 Å². The molecule has 0 aliphatic carbocycles. The fraction of sp³-hybridized carbons (Fsp3) is 0.0909. The highest BCUT2D eigenvalue weighted by atomic mass is 35.5. The molecule has 0 bridgehead atoms. The van der Waals surface area contributed by atoms with E-state index in [0.717, 1.165) is 0 Å². The monoisotopic (exact) mass is 236 g/mol. The van der Waals surface area contributed by atoms with Crippen molar-refractivity contribution in [3.63, 3.8) is 0 Å². The fourth-order valence-corrected chi connectivity index (χ4v) is 1.68. The van der Waals surface area contributed by atoms with Crippen LogP contribution in [0.2, 0.25) is 5.02 Å². The van der Waals surface area contributed by atoms with Crippen LogP contribution in [0.15, 0.2) is 36.5 Å². The first-order chi connectivity index (χ1) is 7.68. The number of rotatable bonds is 3. The molecule has 2 aromatic rings. The Morgan fingerprint density at radius 2 is 2.12 bits per heavy atom. The van der Waals surface area contributed by atoms with Crippen LogP contribution in [0.4, 0.5) is 0 Å². The highest BCUT2D eigenvalue weighted by Crippen LogP contribution is 2.20. The predicted octanol–water partition coefficient (Wildman–Crippen LogP) is 2.15. The van der Waals surface area contributed by atoms with Gasteiger partial charge in [-0.2, -0.15) is 5.10 Å². The molecule has 0 atom stereocenters. The van der Waals surface area contributed by atoms with E-state index in [2.05, 4.69) is 5.10 Å². The molecule has 0 saturated carbocycles. The molecule has 16 heavy (non-hydrogen) atoms. The maximum Gasteiger partial charge on any atom is 0.309 e. The van der Waals surface area contributed by atoms with Gasteiger partial charge in [-0.3, -0.25) is 4.79 Å². The molecule has 5 heteroatoms. The van der Waals surface area contributed by atoms with E-state index >= 15 is 0 Å². The average molecular weight is 237 g/mol. The number of carboxylic acid groups (broad SMARTS) is 1. The summed E-state index contributed by atoms with van der Waals surface area (Å²) in [6, 6.07) is 8.83. The topological polar surface area (TPSA) is 55.1 Å². The summed E-state index contributed by atoms with van der Waals surface area (Å²) in [5, 5.41) is 13.4. The Balaban J connectivity index is 2.45. The van der Waals surface area contributed by atoms with E-state index in [4.69, 9.17) is 16.7 Å². The summed E-state index contributed by atoms with van der Waals surface area (Å²) in [5.74, 6) is -0.895. The van der Waals surface area contributed by atoms with Gasteiger partial charge in [0.05, 0.1) is 22.8 Å². The van der Waals surface area contributed by atoms with E-state index in [9.17, 15) is 4.79 Å². The summed E-state index contributed by atoms with van der Waals surface area (Å²) < 4.78 is 1.54. The number of nitrogens with zero attached hydrogens (tertiary/aromatic N) is 2. The van der Waals surface area contributed by atoms with Crippen molar-refractivity contribution in [1.82, 2.24) is 9.78 Å². The fourth-order valence-electron chi connectivity index (χ4n) is 1.46. The third-order valence-electron chi connectivity index (χ3n) is 2.13. The standard InChI is InChI=1S/C11H9ClN2O2/c12-9-3-1-2-4-10(9)14-8(5-6-13-14)7-11(15)16/h1-6H,7H2,(H,15,16). The van der Waals surface area contributed by atoms with Crippen LogP contribution in [0.3, 0.4) is 0 Å². The van der Waals surface area contributed by atoms with Crippen LogP contribution < -0.4 is 0 Å². The summed E-state index contributed by atoms with van der Waals surface area (Å²) in [6.45, 7) is 0. The van der Waals surface area contributed by atoms with Gasteiger partial charge in [0.1, 0.15) is 0 Å². The Hall–Kier alpha value is -1.81. The maximum absolute atomic E-state index is 10.7. The molecule has 82 valence electrons. The number of hydrogen-bond donors (Lipinski definition) is 1. The first-order valence-electron chi connectivity index (χ1n) is 4.68. The first-order valence-corrected chi connectivity index (χ1v) is 5.06. The quantitative estimate of drug-likeness (QED) is 0.889. The Bertz CT molecular complexity index is 522. The molecule has 4 nitrogen and oxygen atoms in total. The lowest BCUT2D eigenvalue weighted by atomic mass is 10.3. The van der Waals surface area contributed by atoms with Gasteiger partial charge in [0.2, 0.25) is 0 Å². The third kappa shape index (κ3) is 2.06. The van der Waals surface area contributed by atoms with E-state index in [1.54, 1.807) is 24.4 Å². The molecule has 0 radical (unpaired) electrons. The summed E-state index contributed by atoms with van der Waals surface area (Å²) >= 11 is 6.02. The van der Waals surface area contributed by atoms with Crippen LogP contribution in [0, 0.1) is 0 Å². The molecule has 0 saturated heterocycles. The SMILES string of the molecule is O=C(O)Cc1ccnn1-c1ccccc1Cl. The molecular formula is C11H9ClN2O2. The van der Waals surface area contributed by atoms with Gasteiger partial charge in [-0.15, -0.1) is 0 Å². The van der Waals surface area contributed by atoms with E-state index in [1.165, 1.54) is 4.68 Å². The summed E-state index contributed by atoms with van der Waals surface area (Å²) in [4.78, 5) is 10.7. The number of aromatic nitrogens is 2. The van der Waals surface area contributed by atoms with Crippen LogP contribution in [0.5, 0.6) is 0 Å². The molecule has 2 rings (SSSR count). The van der Waals surface area contributed by atoms with Crippen molar-refractivity contribution in [3.05, 3.63) is 47.2 Å². The van der Waals surface area contributed by atoms with Crippen molar-refractivity contribution < 1.29 is 9.90 Å². The lowest BCUT2D eigenvalue weighted by molar-refractivity contribution is -0.136. The highest BCUT2D eigenvalue weighted by molar-refractivity contribution is 6.32. The minimum atomic E-state index is -0.895. The van der Waals surface area contributed by atoms with Gasteiger partial charge in [0.25, 0.3) is 0 Å². The summed E-state index contributed by atoms with van der Waals surface area (Å²) in [6.07, 6.45) is 1.48. The molecule has 0 aliphatic rings. The molecule has 0 aliphatic heterocycles. The molecular weight excluding hydrogens is 228 g/mol. The predicted molar refractivity (Wildman–Crippen MR) is 59.9 cm³/mol. The maximum atomic E-state index is 10.7. The Labute approximate surface area is 97.1 Å². The zero-order valence-electron chi connectivity index (χ0n) is 8.30. The van der Waals surface area contributed by atoms with E-state index in [-0.39, 0.29) is 6.42 Å². The van der Waals surface area contributed by atoms with E-state index in [1.807, 2.05) is 12.1 Å². The molecule has 1 aromatic carbocycles. The van der Waals surface area contributed by atoms with Crippen molar-refractivity contribution in [2.24, 2.45) is 0 Å². The molecule has 0 unspecified atom stereocenters. The number of aliphatic carboxylic acids is 1. The molecule has 0 amide bonds. The van der Waals surface area contributed by atoms with Gasteiger partial charge in [0.15, 0.2) is 0 Å². The summed E-state index contributed by atoms with van der Waals surface area (Å²) in [7, 11) is 0. The van der Waals surface area contributed by atoms with Crippen LogP contribution in [-0.2, 0) is 11.2 Å². The van der Waals surface area contributed by atoms with Crippen LogP contribution in [0.25, 0.3) is 5.69 Å². The number of carboxylic acids is 1. The van der Waals surface area contributed by atoms with Crippen molar-refractivity contribution in [2.75, 3.05) is 0 Å². The van der Waals surface area contributed by atoms with Crippen molar-refractivity contribution in [2.45, 2.75) is 6.42 Å².